The number of hydrogen-bond donors (Lipinski definition) is 1. The quantitative estimate of drug-likeness (QED) is 0.260. The largest absolute Gasteiger partial charge is 0.454 e. The Bertz CT molecular complexity index is 1080. The molecule has 3 heteroatoms. The molecule has 6 atom stereocenters. The van der Waals surface area contributed by atoms with E-state index < -0.39 is 5.60 Å². The van der Waals surface area contributed by atoms with Crippen molar-refractivity contribution in [3.63, 3.8) is 0 Å². The van der Waals surface area contributed by atoms with Gasteiger partial charge in [0.1, 0.15) is 6.10 Å². The number of allylic oxidation sites excluding steroid dienone is 2. The van der Waals surface area contributed by atoms with Crippen LogP contribution in [0.5, 0.6) is 0 Å². The van der Waals surface area contributed by atoms with E-state index in [1.807, 2.05) is 30.3 Å². The maximum atomic E-state index is 13.2. The smallest absolute Gasteiger partial charge is 0.338 e. The van der Waals surface area contributed by atoms with Crippen molar-refractivity contribution in [3.05, 3.63) is 59.7 Å². The Morgan fingerprint density at radius 1 is 1.02 bits per heavy atom. The highest BCUT2D eigenvalue weighted by molar-refractivity contribution is 5.89. The van der Waals surface area contributed by atoms with Crippen LogP contribution in [0.4, 0.5) is 0 Å². The van der Waals surface area contributed by atoms with Crippen LogP contribution in [-0.2, 0) is 4.74 Å². The van der Waals surface area contributed by atoms with Gasteiger partial charge < -0.3 is 9.84 Å². The van der Waals surface area contributed by atoms with E-state index in [9.17, 15) is 9.90 Å². The van der Waals surface area contributed by atoms with Gasteiger partial charge in [-0.1, -0.05) is 77.5 Å². The molecule has 1 aromatic rings. The number of ether oxygens (including phenoxy) is 1. The fraction of sp³-hybridized carbons (Fsp3) is 0.703. The summed E-state index contributed by atoms with van der Waals surface area (Å²) in [5.41, 5.74) is 3.02. The molecule has 3 aliphatic carbocycles. The van der Waals surface area contributed by atoms with Gasteiger partial charge in [0.15, 0.2) is 0 Å². The Morgan fingerprint density at radius 3 is 2.38 bits per heavy atom. The SMILES string of the molecule is C=C1CCCC(C)(C)[C@@H]1C[C@@H](OC(=O)c1ccccc1)C(C)=CCC[C@@H]1[C@@]2(C)CCCC(C)(C)[C@@H]2CC[C@@]1(C)O. The second-order valence-electron chi connectivity index (χ2n) is 15.4. The lowest BCUT2D eigenvalue weighted by atomic mass is 9.45. The summed E-state index contributed by atoms with van der Waals surface area (Å²) in [7, 11) is 0. The molecule has 0 saturated heterocycles. The highest BCUT2D eigenvalue weighted by Crippen LogP contribution is 2.63. The fourth-order valence-corrected chi connectivity index (χ4v) is 9.34. The van der Waals surface area contributed by atoms with E-state index in [1.54, 1.807) is 0 Å². The maximum Gasteiger partial charge on any atom is 0.338 e. The Morgan fingerprint density at radius 2 is 1.70 bits per heavy atom. The van der Waals surface area contributed by atoms with Crippen molar-refractivity contribution >= 4 is 5.97 Å². The first-order chi connectivity index (χ1) is 18.7. The van der Waals surface area contributed by atoms with Crippen molar-refractivity contribution in [2.45, 2.75) is 131 Å². The molecular formula is C37H56O3. The zero-order valence-electron chi connectivity index (χ0n) is 26.5. The molecule has 0 radical (unpaired) electrons. The van der Waals surface area contributed by atoms with E-state index in [4.69, 9.17) is 4.74 Å². The Kier molecular flexibility index (Phi) is 9.16. The van der Waals surface area contributed by atoms with Crippen LogP contribution in [0.2, 0.25) is 0 Å². The molecule has 3 fully saturated rings. The summed E-state index contributed by atoms with van der Waals surface area (Å²) in [6, 6.07) is 9.35. The molecular weight excluding hydrogens is 492 g/mol. The van der Waals surface area contributed by atoms with Gasteiger partial charge in [0.25, 0.3) is 0 Å². The molecule has 0 amide bonds. The number of fused-ring (bicyclic) bond motifs is 1. The zero-order chi connectivity index (χ0) is 29.3. The highest BCUT2D eigenvalue weighted by Gasteiger charge is 2.57. The maximum absolute atomic E-state index is 13.2. The molecule has 3 nitrogen and oxygen atoms in total. The van der Waals surface area contributed by atoms with Crippen LogP contribution >= 0.6 is 0 Å². The highest BCUT2D eigenvalue weighted by atomic mass is 16.5. The third-order valence-electron chi connectivity index (χ3n) is 11.7. The third kappa shape index (κ3) is 6.45. The minimum Gasteiger partial charge on any atom is -0.454 e. The van der Waals surface area contributed by atoms with Crippen molar-refractivity contribution in [2.75, 3.05) is 0 Å². The minimum atomic E-state index is -0.635. The molecule has 0 heterocycles. The first kappa shape index (κ1) is 31.1. The zero-order valence-corrected chi connectivity index (χ0v) is 26.5. The molecule has 3 saturated carbocycles. The predicted molar refractivity (Wildman–Crippen MR) is 166 cm³/mol. The lowest BCUT2D eigenvalue weighted by molar-refractivity contribution is -0.168. The Balaban J connectivity index is 1.54. The summed E-state index contributed by atoms with van der Waals surface area (Å²) < 4.78 is 6.26. The first-order valence-electron chi connectivity index (χ1n) is 16.0. The van der Waals surface area contributed by atoms with Crippen LogP contribution in [0.1, 0.15) is 129 Å². The van der Waals surface area contributed by atoms with Gasteiger partial charge in [0.05, 0.1) is 11.2 Å². The molecule has 222 valence electrons. The van der Waals surface area contributed by atoms with Crippen LogP contribution in [0.3, 0.4) is 0 Å². The van der Waals surface area contributed by atoms with E-state index >= 15 is 0 Å². The third-order valence-corrected chi connectivity index (χ3v) is 11.7. The van der Waals surface area contributed by atoms with Crippen molar-refractivity contribution < 1.29 is 14.6 Å². The van der Waals surface area contributed by atoms with E-state index in [2.05, 4.69) is 61.1 Å². The summed E-state index contributed by atoms with van der Waals surface area (Å²) in [5, 5.41) is 11.6. The van der Waals surface area contributed by atoms with Crippen molar-refractivity contribution in [3.8, 4) is 0 Å². The fourth-order valence-electron chi connectivity index (χ4n) is 9.34. The van der Waals surface area contributed by atoms with Gasteiger partial charge in [-0.15, -0.1) is 0 Å². The van der Waals surface area contributed by atoms with Crippen LogP contribution in [0.25, 0.3) is 0 Å². The van der Waals surface area contributed by atoms with Crippen molar-refractivity contribution in [1.82, 2.24) is 0 Å². The molecule has 0 aromatic heterocycles. The van der Waals surface area contributed by atoms with Gasteiger partial charge in [-0.3, -0.25) is 0 Å². The van der Waals surface area contributed by atoms with Crippen molar-refractivity contribution in [2.24, 2.45) is 34.0 Å². The number of benzene rings is 1. The summed E-state index contributed by atoms with van der Waals surface area (Å²) in [6.07, 6.45) is 13.8. The second-order valence-corrected chi connectivity index (χ2v) is 15.4. The Hall–Kier alpha value is -1.87. The Labute approximate surface area is 244 Å². The lowest BCUT2D eigenvalue weighted by Gasteiger charge is -2.61. The van der Waals surface area contributed by atoms with E-state index in [0.717, 1.165) is 44.1 Å². The topological polar surface area (TPSA) is 46.5 Å². The van der Waals surface area contributed by atoms with Gasteiger partial charge in [-0.25, -0.2) is 4.79 Å². The number of hydrogen-bond acceptors (Lipinski definition) is 3. The normalized spacial score (nSPS) is 34.5. The van der Waals surface area contributed by atoms with Crippen molar-refractivity contribution in [1.29, 1.82) is 0 Å². The number of rotatable bonds is 8. The van der Waals surface area contributed by atoms with Gasteiger partial charge in [0, 0.05) is 0 Å². The van der Waals surface area contributed by atoms with Gasteiger partial charge >= 0.3 is 5.97 Å². The molecule has 1 N–H and O–H groups in total. The van der Waals surface area contributed by atoms with Crippen LogP contribution in [0.15, 0.2) is 54.1 Å². The lowest BCUT2D eigenvalue weighted by Crippen LogP contribution is -2.57. The second kappa shape index (κ2) is 11.8. The van der Waals surface area contributed by atoms with E-state index in [0.29, 0.717) is 22.8 Å². The van der Waals surface area contributed by atoms with E-state index in [1.165, 1.54) is 37.7 Å². The molecule has 1 aromatic carbocycles. The number of carbonyl (C=O) groups excluding carboxylic acids is 1. The molecule has 4 rings (SSSR count). The van der Waals surface area contributed by atoms with Gasteiger partial charge in [-0.2, -0.15) is 0 Å². The minimum absolute atomic E-state index is 0.144. The molecule has 3 aliphatic rings. The molecule has 0 spiro atoms. The monoisotopic (exact) mass is 548 g/mol. The summed E-state index contributed by atoms with van der Waals surface area (Å²) in [4.78, 5) is 13.2. The average molecular weight is 549 g/mol. The summed E-state index contributed by atoms with van der Waals surface area (Å²) in [5.74, 6) is 0.988. The number of esters is 1. The predicted octanol–water partition coefficient (Wildman–Crippen LogP) is 9.70. The van der Waals surface area contributed by atoms with Crippen LogP contribution in [0, 0.1) is 34.0 Å². The standard InChI is InChI=1S/C37H56O3/c1-26-16-13-21-34(3,4)29(26)25-30(40-33(38)28-17-10-9-11-18-28)27(2)15-12-19-32-36(7)23-14-22-35(5,6)31(36)20-24-37(32,8)39/h9-11,15,17-18,29-32,39H,1,12-14,16,19-25H2,2-8H3/t29-,30-,31+,32-,36+,37-/m1/s1. The van der Waals surface area contributed by atoms with Crippen LogP contribution < -0.4 is 0 Å². The average Bonchev–Trinajstić information content (AvgIpc) is 2.86. The van der Waals surface area contributed by atoms with Crippen LogP contribution in [-0.4, -0.2) is 22.8 Å². The summed E-state index contributed by atoms with van der Waals surface area (Å²) in [6.45, 7) is 20.7. The number of aliphatic hydroxyl groups is 1. The molecule has 40 heavy (non-hydrogen) atoms. The van der Waals surface area contributed by atoms with Gasteiger partial charge in [-0.05, 0) is 130 Å². The molecule has 0 aliphatic heterocycles. The first-order valence-corrected chi connectivity index (χ1v) is 16.0. The van der Waals surface area contributed by atoms with E-state index in [-0.39, 0.29) is 28.8 Å². The van der Waals surface area contributed by atoms with Gasteiger partial charge in [0.2, 0.25) is 0 Å². The molecule has 0 unspecified atom stereocenters. The number of carbonyl (C=O) groups is 1. The molecule has 0 bridgehead atoms. The summed E-state index contributed by atoms with van der Waals surface area (Å²) >= 11 is 0.